The number of nitrogens with one attached hydrogen (secondary N) is 2. The van der Waals surface area contributed by atoms with Crippen LogP contribution in [0.4, 0.5) is 17.5 Å². The van der Waals surface area contributed by atoms with E-state index in [4.69, 9.17) is 4.74 Å². The quantitative estimate of drug-likeness (QED) is 0.327. The van der Waals surface area contributed by atoms with Crippen LogP contribution in [0.1, 0.15) is 19.4 Å². The molecule has 0 saturated heterocycles. The maximum atomic E-state index is 9.25. The Morgan fingerprint density at radius 2 is 1.92 bits per heavy atom. The van der Waals surface area contributed by atoms with E-state index in [0.29, 0.717) is 29.3 Å². The molecule has 0 bridgehead atoms. The Morgan fingerprint density at radius 1 is 1.06 bits per heavy atom. The van der Waals surface area contributed by atoms with Crippen LogP contribution in [0.3, 0.4) is 0 Å². The van der Waals surface area contributed by atoms with Gasteiger partial charge in [-0.3, -0.25) is 0 Å². The second-order valence-electron chi connectivity index (χ2n) is 9.21. The number of aryl methyl sites for hydroxylation is 2. The zero-order valence-corrected chi connectivity index (χ0v) is 20.4. The summed E-state index contributed by atoms with van der Waals surface area (Å²) in [4.78, 5) is 21.9. The first kappa shape index (κ1) is 23.0. The number of anilines is 3. The molecule has 0 fully saturated rings. The molecule has 0 aliphatic rings. The Labute approximate surface area is 208 Å². The SMILES string of the molecule is Cc1cc(Nc2ncnc3cnc(NCC(C)(C)C#N)nc23)ccc1Oc1ccc2c(c1)ncn2C. The second kappa shape index (κ2) is 9.11. The van der Waals surface area contributed by atoms with Crippen molar-refractivity contribution in [2.24, 2.45) is 12.5 Å². The van der Waals surface area contributed by atoms with Gasteiger partial charge in [0.05, 0.1) is 35.0 Å². The minimum absolute atomic E-state index is 0.411. The van der Waals surface area contributed by atoms with Crippen LogP contribution in [0.2, 0.25) is 0 Å². The standard InChI is InChI=1S/C26H25N9O/c1-16-9-17(5-8-22(16)36-18-6-7-21-19(10-18)32-15-35(21)4)33-24-23-20(30-14-31-24)11-28-25(34-23)29-13-26(2,3)12-27/h5-11,14-15H,13H2,1-4H3,(H,28,29,34)(H,30,31,33). The largest absolute Gasteiger partial charge is 0.457 e. The molecule has 180 valence electrons. The molecule has 0 saturated carbocycles. The molecule has 2 aromatic carbocycles. The molecule has 0 aliphatic heterocycles. The first-order valence-electron chi connectivity index (χ1n) is 11.4. The summed E-state index contributed by atoms with van der Waals surface area (Å²) in [5.74, 6) is 2.44. The summed E-state index contributed by atoms with van der Waals surface area (Å²) in [6.45, 7) is 6.10. The maximum Gasteiger partial charge on any atom is 0.223 e. The molecular formula is C26H25N9O. The van der Waals surface area contributed by atoms with Gasteiger partial charge in [-0.15, -0.1) is 0 Å². The van der Waals surface area contributed by atoms with Crippen molar-refractivity contribution in [3.63, 3.8) is 0 Å². The van der Waals surface area contributed by atoms with E-state index in [2.05, 4.69) is 41.6 Å². The summed E-state index contributed by atoms with van der Waals surface area (Å²) in [7, 11) is 1.96. The summed E-state index contributed by atoms with van der Waals surface area (Å²) >= 11 is 0. The van der Waals surface area contributed by atoms with E-state index in [1.165, 1.54) is 6.33 Å². The van der Waals surface area contributed by atoms with Crippen LogP contribution in [0.15, 0.2) is 55.2 Å². The zero-order valence-electron chi connectivity index (χ0n) is 20.4. The fraction of sp³-hybridized carbons (Fsp3) is 0.231. The highest BCUT2D eigenvalue weighted by Crippen LogP contribution is 2.30. The molecule has 5 aromatic rings. The number of rotatable bonds is 7. The van der Waals surface area contributed by atoms with Gasteiger partial charge in [0.1, 0.15) is 28.9 Å². The third-order valence-electron chi connectivity index (χ3n) is 5.73. The molecule has 10 heteroatoms. The van der Waals surface area contributed by atoms with E-state index in [1.807, 2.05) is 68.8 Å². The normalized spacial score (nSPS) is 11.4. The average Bonchev–Trinajstić information content (AvgIpc) is 3.24. The van der Waals surface area contributed by atoms with Crippen molar-refractivity contribution in [3.8, 4) is 17.6 Å². The molecule has 0 unspecified atom stereocenters. The average molecular weight is 480 g/mol. The van der Waals surface area contributed by atoms with Crippen molar-refractivity contribution in [1.29, 1.82) is 5.26 Å². The first-order valence-corrected chi connectivity index (χ1v) is 11.4. The van der Waals surface area contributed by atoms with Gasteiger partial charge in [0.2, 0.25) is 5.95 Å². The fourth-order valence-electron chi connectivity index (χ4n) is 3.66. The van der Waals surface area contributed by atoms with Crippen LogP contribution in [0.5, 0.6) is 11.5 Å². The van der Waals surface area contributed by atoms with E-state index >= 15 is 0 Å². The van der Waals surface area contributed by atoms with Crippen LogP contribution < -0.4 is 15.4 Å². The minimum Gasteiger partial charge on any atom is -0.457 e. The Kier molecular flexibility index (Phi) is 5.82. The summed E-state index contributed by atoms with van der Waals surface area (Å²) in [5, 5.41) is 15.7. The van der Waals surface area contributed by atoms with Gasteiger partial charge in [-0.1, -0.05) is 0 Å². The van der Waals surface area contributed by atoms with E-state index in [9.17, 15) is 5.26 Å². The monoisotopic (exact) mass is 479 g/mol. The third-order valence-corrected chi connectivity index (χ3v) is 5.73. The number of nitriles is 1. The summed E-state index contributed by atoms with van der Waals surface area (Å²) < 4.78 is 8.10. The third kappa shape index (κ3) is 4.72. The van der Waals surface area contributed by atoms with E-state index < -0.39 is 5.41 Å². The molecule has 3 heterocycles. The van der Waals surface area contributed by atoms with Gasteiger partial charge in [-0.2, -0.15) is 5.26 Å². The molecule has 0 amide bonds. The van der Waals surface area contributed by atoms with Crippen LogP contribution in [-0.4, -0.2) is 36.0 Å². The number of nitrogens with zero attached hydrogens (tertiary/aromatic N) is 7. The molecule has 5 rings (SSSR count). The molecule has 3 aromatic heterocycles. The molecule has 0 spiro atoms. The van der Waals surface area contributed by atoms with E-state index in [1.54, 1.807) is 12.5 Å². The van der Waals surface area contributed by atoms with Crippen LogP contribution in [0, 0.1) is 23.7 Å². The molecule has 0 atom stereocenters. The van der Waals surface area contributed by atoms with Gasteiger partial charge >= 0.3 is 0 Å². The molecule has 0 radical (unpaired) electrons. The number of hydrogen-bond donors (Lipinski definition) is 2. The van der Waals surface area contributed by atoms with Gasteiger partial charge in [-0.25, -0.2) is 24.9 Å². The van der Waals surface area contributed by atoms with Gasteiger partial charge in [0.15, 0.2) is 5.82 Å². The van der Waals surface area contributed by atoms with Crippen molar-refractivity contribution in [2.75, 3.05) is 17.2 Å². The highest BCUT2D eigenvalue weighted by Gasteiger charge is 2.17. The van der Waals surface area contributed by atoms with Gasteiger partial charge in [-0.05, 0) is 56.7 Å². The lowest BCUT2D eigenvalue weighted by Gasteiger charge is -2.16. The van der Waals surface area contributed by atoms with Gasteiger partial charge < -0.3 is 19.9 Å². The van der Waals surface area contributed by atoms with Crippen LogP contribution in [0.25, 0.3) is 22.1 Å². The summed E-state index contributed by atoms with van der Waals surface area (Å²) in [6, 6.07) is 13.9. The predicted octanol–water partition coefficient (Wildman–Crippen LogP) is 5.11. The Bertz CT molecular complexity index is 1620. The first-order chi connectivity index (χ1) is 17.3. The molecule has 10 nitrogen and oxygen atoms in total. The number of aromatic nitrogens is 6. The lowest BCUT2D eigenvalue weighted by atomic mass is 9.96. The van der Waals surface area contributed by atoms with E-state index in [0.717, 1.165) is 33.8 Å². The van der Waals surface area contributed by atoms with Crippen LogP contribution in [-0.2, 0) is 7.05 Å². The van der Waals surface area contributed by atoms with Gasteiger partial charge in [0.25, 0.3) is 0 Å². The highest BCUT2D eigenvalue weighted by molar-refractivity contribution is 5.87. The Morgan fingerprint density at radius 3 is 2.72 bits per heavy atom. The molecule has 2 N–H and O–H groups in total. The highest BCUT2D eigenvalue weighted by atomic mass is 16.5. The summed E-state index contributed by atoms with van der Waals surface area (Å²) in [5.41, 5.74) is 4.36. The van der Waals surface area contributed by atoms with Crippen molar-refractivity contribution < 1.29 is 4.74 Å². The Balaban J connectivity index is 1.36. The number of ether oxygens (including phenoxy) is 1. The van der Waals surface area contributed by atoms with E-state index in [-0.39, 0.29) is 0 Å². The Hall–Kier alpha value is -4.78. The minimum atomic E-state index is -0.544. The zero-order chi connectivity index (χ0) is 25.3. The number of benzene rings is 2. The predicted molar refractivity (Wildman–Crippen MR) is 138 cm³/mol. The topological polar surface area (TPSA) is 126 Å². The number of fused-ring (bicyclic) bond motifs is 2. The van der Waals surface area contributed by atoms with Crippen molar-refractivity contribution in [2.45, 2.75) is 20.8 Å². The molecule has 0 aliphatic carbocycles. The second-order valence-corrected chi connectivity index (χ2v) is 9.21. The number of hydrogen-bond acceptors (Lipinski definition) is 9. The lowest BCUT2D eigenvalue weighted by molar-refractivity contribution is 0.479. The smallest absolute Gasteiger partial charge is 0.223 e. The lowest BCUT2D eigenvalue weighted by Crippen LogP contribution is -2.22. The van der Waals surface area contributed by atoms with Crippen molar-refractivity contribution in [1.82, 2.24) is 29.5 Å². The maximum absolute atomic E-state index is 9.25. The van der Waals surface area contributed by atoms with Crippen molar-refractivity contribution >= 4 is 39.5 Å². The van der Waals surface area contributed by atoms with Gasteiger partial charge in [0, 0.05) is 25.3 Å². The molecular weight excluding hydrogens is 454 g/mol. The van der Waals surface area contributed by atoms with Crippen molar-refractivity contribution in [3.05, 3.63) is 60.8 Å². The molecule has 36 heavy (non-hydrogen) atoms. The summed E-state index contributed by atoms with van der Waals surface area (Å²) in [6.07, 6.45) is 4.89. The fourth-order valence-corrected chi connectivity index (χ4v) is 3.66. The van der Waals surface area contributed by atoms with Crippen LogP contribution >= 0.6 is 0 Å². The number of imidazole rings is 1.